The second kappa shape index (κ2) is 8.83. The molecule has 7 nitrogen and oxygen atoms in total. The van der Waals surface area contributed by atoms with Gasteiger partial charge in [-0.2, -0.15) is 0 Å². The van der Waals surface area contributed by atoms with Gasteiger partial charge in [-0.25, -0.2) is 0 Å². The van der Waals surface area contributed by atoms with Crippen LogP contribution >= 0.6 is 0 Å². The molecule has 4 atom stereocenters. The van der Waals surface area contributed by atoms with Gasteiger partial charge in [0.2, 0.25) is 11.8 Å². The number of ketones is 3. The first-order chi connectivity index (χ1) is 18.6. The van der Waals surface area contributed by atoms with Crippen molar-refractivity contribution in [3.8, 4) is 5.75 Å². The van der Waals surface area contributed by atoms with Crippen LogP contribution in [0.4, 0.5) is 5.69 Å². The summed E-state index contributed by atoms with van der Waals surface area (Å²) in [6.45, 7) is 4.86. The lowest BCUT2D eigenvalue weighted by atomic mass is 9.59. The normalized spacial score (nSPS) is 26.2. The third kappa shape index (κ3) is 3.67. The monoisotopic (exact) mass is 521 g/mol. The summed E-state index contributed by atoms with van der Waals surface area (Å²) in [5.74, 6) is -3.26. The standard InChI is InChI=1S/C32H27NO6/c1-15-12-19(6-11-25(15)35)27-21-9-10-22-28(23(21)14-24-26(36)13-16(2)30(37)29(24)27)32(39)33(31(22)38)20-7-4-18(5-8-20)17(3)34/h4-9,11-13,22-23,27-28,35H,10,14H2,1-3H3/t22-,23+,27-,28-/m0/s1. The van der Waals surface area contributed by atoms with Gasteiger partial charge in [-0.3, -0.25) is 28.9 Å². The maximum Gasteiger partial charge on any atom is 0.238 e. The van der Waals surface area contributed by atoms with Crippen molar-refractivity contribution >= 4 is 34.9 Å². The molecule has 0 unspecified atom stereocenters. The number of fused-ring (bicyclic) bond motifs is 3. The Bertz CT molecular complexity index is 1610. The number of carbonyl (C=O) groups excluding carboxylic acids is 5. The topological polar surface area (TPSA) is 109 Å². The molecular weight excluding hydrogens is 494 g/mol. The average Bonchev–Trinajstić information content (AvgIpc) is 3.17. The predicted octanol–water partition coefficient (Wildman–Crippen LogP) is 4.54. The van der Waals surface area contributed by atoms with E-state index in [2.05, 4.69) is 0 Å². The van der Waals surface area contributed by atoms with E-state index < -0.39 is 23.7 Å². The highest BCUT2D eigenvalue weighted by molar-refractivity contribution is 6.25. The summed E-state index contributed by atoms with van der Waals surface area (Å²) >= 11 is 0. The Morgan fingerprint density at radius 3 is 2.33 bits per heavy atom. The number of imide groups is 1. The van der Waals surface area contributed by atoms with Crippen LogP contribution in [0.3, 0.4) is 0 Å². The molecule has 2 aromatic carbocycles. The summed E-state index contributed by atoms with van der Waals surface area (Å²) in [5, 5.41) is 10.2. The highest BCUT2D eigenvalue weighted by Gasteiger charge is 2.56. The minimum absolute atomic E-state index is 0.110. The van der Waals surface area contributed by atoms with Crippen molar-refractivity contribution in [3.63, 3.8) is 0 Å². The molecular formula is C32H27NO6. The zero-order chi connectivity index (χ0) is 27.7. The molecule has 0 saturated carbocycles. The van der Waals surface area contributed by atoms with Crippen molar-refractivity contribution in [1.29, 1.82) is 0 Å². The number of hydrogen-bond donors (Lipinski definition) is 1. The molecule has 39 heavy (non-hydrogen) atoms. The fourth-order valence-electron chi connectivity index (χ4n) is 6.70. The molecule has 196 valence electrons. The maximum atomic E-state index is 13.9. The molecule has 1 fully saturated rings. The molecule has 2 aromatic rings. The van der Waals surface area contributed by atoms with Gasteiger partial charge < -0.3 is 5.11 Å². The first-order valence-corrected chi connectivity index (χ1v) is 13.1. The number of aryl methyl sites for hydroxylation is 1. The molecule has 0 radical (unpaired) electrons. The van der Waals surface area contributed by atoms with Crippen LogP contribution in [0.1, 0.15) is 54.1 Å². The quantitative estimate of drug-likeness (QED) is 0.275. The van der Waals surface area contributed by atoms with Crippen LogP contribution in [0.15, 0.2) is 76.9 Å². The van der Waals surface area contributed by atoms with Gasteiger partial charge in [-0.05, 0) is 87.1 Å². The predicted molar refractivity (Wildman–Crippen MR) is 143 cm³/mol. The molecule has 2 amide bonds. The Balaban J connectivity index is 1.46. The summed E-state index contributed by atoms with van der Waals surface area (Å²) < 4.78 is 0. The molecule has 7 heteroatoms. The van der Waals surface area contributed by atoms with Gasteiger partial charge in [0.05, 0.1) is 17.5 Å². The van der Waals surface area contributed by atoms with Gasteiger partial charge in [0.25, 0.3) is 0 Å². The number of phenolic OH excluding ortho intramolecular Hbond substituents is 1. The van der Waals surface area contributed by atoms with Crippen LogP contribution in [0.5, 0.6) is 5.75 Å². The number of allylic oxidation sites excluding steroid dienone is 6. The fourth-order valence-corrected chi connectivity index (χ4v) is 6.70. The Morgan fingerprint density at radius 1 is 0.949 bits per heavy atom. The van der Waals surface area contributed by atoms with E-state index in [4.69, 9.17) is 0 Å². The van der Waals surface area contributed by atoms with E-state index in [-0.39, 0.29) is 41.3 Å². The van der Waals surface area contributed by atoms with E-state index in [1.165, 1.54) is 17.9 Å². The van der Waals surface area contributed by atoms with Crippen molar-refractivity contribution in [2.75, 3.05) is 4.90 Å². The molecule has 1 saturated heterocycles. The molecule has 1 aliphatic heterocycles. The number of carbonyl (C=O) groups is 5. The van der Waals surface area contributed by atoms with Crippen LogP contribution < -0.4 is 4.90 Å². The van der Waals surface area contributed by atoms with Gasteiger partial charge in [-0.1, -0.05) is 23.8 Å². The average molecular weight is 522 g/mol. The molecule has 4 aliphatic rings. The van der Waals surface area contributed by atoms with Crippen LogP contribution in [-0.4, -0.2) is 34.3 Å². The Labute approximate surface area is 225 Å². The largest absolute Gasteiger partial charge is 0.508 e. The third-order valence-electron chi connectivity index (χ3n) is 8.65. The van der Waals surface area contributed by atoms with Crippen LogP contribution in [-0.2, 0) is 19.2 Å². The van der Waals surface area contributed by atoms with Gasteiger partial charge in [0.15, 0.2) is 17.3 Å². The summed E-state index contributed by atoms with van der Waals surface area (Å²) in [5.41, 5.74) is 4.37. The number of hydrogen-bond acceptors (Lipinski definition) is 6. The number of aromatic hydroxyl groups is 1. The van der Waals surface area contributed by atoms with Crippen molar-refractivity contribution < 1.29 is 29.1 Å². The molecule has 0 bridgehead atoms. The van der Waals surface area contributed by atoms with Crippen molar-refractivity contribution in [3.05, 3.63) is 93.6 Å². The highest BCUT2D eigenvalue weighted by atomic mass is 16.3. The summed E-state index contributed by atoms with van der Waals surface area (Å²) in [7, 11) is 0. The van der Waals surface area contributed by atoms with Gasteiger partial charge >= 0.3 is 0 Å². The van der Waals surface area contributed by atoms with E-state index in [0.29, 0.717) is 40.0 Å². The van der Waals surface area contributed by atoms with Crippen molar-refractivity contribution in [2.24, 2.45) is 17.8 Å². The minimum atomic E-state index is -0.672. The summed E-state index contributed by atoms with van der Waals surface area (Å²) in [6.07, 6.45) is 3.89. The molecule has 3 aliphatic carbocycles. The lowest BCUT2D eigenvalue weighted by molar-refractivity contribution is -0.123. The number of phenols is 1. The van der Waals surface area contributed by atoms with Crippen LogP contribution in [0, 0.1) is 24.7 Å². The molecule has 1 heterocycles. The van der Waals surface area contributed by atoms with E-state index in [0.717, 1.165) is 11.1 Å². The van der Waals surface area contributed by atoms with E-state index >= 15 is 0 Å². The maximum absolute atomic E-state index is 13.9. The second-order valence-electron chi connectivity index (χ2n) is 10.9. The zero-order valence-corrected chi connectivity index (χ0v) is 21.9. The summed E-state index contributed by atoms with van der Waals surface area (Å²) in [6, 6.07) is 11.6. The SMILES string of the molecule is CC(=O)c1ccc(N2C(=O)[C@H]3[C@H](CC=C4[C@H](c5ccc(O)c(C)c5)C5=C(C[C@H]43)C(=O)C=C(C)C5=O)C2=O)cc1. The number of nitrogens with zero attached hydrogens (tertiary/aromatic N) is 1. The number of rotatable bonds is 3. The third-order valence-corrected chi connectivity index (χ3v) is 8.65. The Hall–Kier alpha value is -4.39. The van der Waals surface area contributed by atoms with Gasteiger partial charge in [0, 0.05) is 28.2 Å². The second-order valence-corrected chi connectivity index (χ2v) is 10.9. The first-order valence-electron chi connectivity index (χ1n) is 13.1. The van der Waals surface area contributed by atoms with Crippen LogP contribution in [0.25, 0.3) is 0 Å². The number of Topliss-reactive ketones (excluding diaryl/α,β-unsaturated/α-hetero) is 2. The van der Waals surface area contributed by atoms with E-state index in [1.807, 2.05) is 12.1 Å². The van der Waals surface area contributed by atoms with Gasteiger partial charge in [0.1, 0.15) is 5.75 Å². The lowest BCUT2D eigenvalue weighted by Gasteiger charge is -2.42. The first kappa shape index (κ1) is 24.9. The van der Waals surface area contributed by atoms with Gasteiger partial charge in [-0.15, -0.1) is 0 Å². The van der Waals surface area contributed by atoms with Crippen molar-refractivity contribution in [1.82, 2.24) is 0 Å². The lowest BCUT2D eigenvalue weighted by Crippen LogP contribution is -2.39. The molecule has 0 spiro atoms. The Kier molecular flexibility index (Phi) is 5.64. The van der Waals surface area contributed by atoms with Crippen molar-refractivity contribution in [2.45, 2.75) is 39.5 Å². The van der Waals surface area contributed by atoms with Crippen LogP contribution in [0.2, 0.25) is 0 Å². The smallest absolute Gasteiger partial charge is 0.238 e. The van der Waals surface area contributed by atoms with E-state index in [9.17, 15) is 29.1 Å². The Morgan fingerprint density at radius 2 is 1.67 bits per heavy atom. The molecule has 6 rings (SSSR count). The fraction of sp³-hybridized carbons (Fsp3) is 0.281. The number of benzene rings is 2. The molecule has 1 N–H and O–H groups in total. The number of anilines is 1. The van der Waals surface area contributed by atoms with E-state index in [1.54, 1.807) is 50.2 Å². The molecule has 0 aromatic heterocycles. The zero-order valence-electron chi connectivity index (χ0n) is 21.9. The summed E-state index contributed by atoms with van der Waals surface area (Å²) in [4.78, 5) is 67.1. The minimum Gasteiger partial charge on any atom is -0.508 e. The number of amides is 2. The highest BCUT2D eigenvalue weighted by Crippen LogP contribution is 2.55.